The fourth-order valence-corrected chi connectivity index (χ4v) is 3.86. The number of aryl methyl sites for hydroxylation is 3. The summed E-state index contributed by atoms with van der Waals surface area (Å²) in [5.41, 5.74) is 2.52. The second-order valence-electron chi connectivity index (χ2n) is 6.50. The van der Waals surface area contributed by atoms with Crippen molar-refractivity contribution in [3.63, 3.8) is 0 Å². The lowest BCUT2D eigenvalue weighted by molar-refractivity contribution is 0.585. The van der Waals surface area contributed by atoms with Crippen LogP contribution in [0, 0.1) is 13.8 Å². The molecule has 0 bridgehead atoms. The highest BCUT2D eigenvalue weighted by Gasteiger charge is 2.24. The van der Waals surface area contributed by atoms with Gasteiger partial charge >= 0.3 is 0 Å². The smallest absolute Gasteiger partial charge is 0.247 e. The molecule has 0 aliphatic carbocycles. The number of hydrogen-bond donors (Lipinski definition) is 1. The van der Waals surface area contributed by atoms with Crippen LogP contribution in [0.4, 0.5) is 5.95 Å². The zero-order valence-corrected chi connectivity index (χ0v) is 14.6. The zero-order chi connectivity index (χ0) is 16.7. The Morgan fingerprint density at radius 1 is 1.14 bits per heavy atom. The minimum atomic E-state index is -3.70. The Bertz CT molecular complexity index is 778. The lowest BCUT2D eigenvalue weighted by atomic mass is 9.85. The summed E-state index contributed by atoms with van der Waals surface area (Å²) in [6.45, 7) is 9.94. The van der Waals surface area contributed by atoms with Crippen molar-refractivity contribution < 1.29 is 8.42 Å². The summed E-state index contributed by atoms with van der Waals surface area (Å²) >= 11 is 0. The van der Waals surface area contributed by atoms with E-state index in [1.54, 1.807) is 7.05 Å². The van der Waals surface area contributed by atoms with E-state index >= 15 is 0 Å². The molecule has 1 aromatic heterocycles. The quantitative estimate of drug-likeness (QED) is 0.942. The summed E-state index contributed by atoms with van der Waals surface area (Å²) in [7, 11) is -2.07. The lowest BCUT2D eigenvalue weighted by Crippen LogP contribution is -2.20. The maximum atomic E-state index is 12.7. The van der Waals surface area contributed by atoms with Crippen molar-refractivity contribution in [3.8, 4) is 0 Å². The van der Waals surface area contributed by atoms with Crippen LogP contribution in [0.1, 0.15) is 37.5 Å². The molecule has 7 heteroatoms. The predicted octanol–water partition coefficient (Wildman–Crippen LogP) is 2.53. The second kappa shape index (κ2) is 5.39. The van der Waals surface area contributed by atoms with Crippen LogP contribution >= 0.6 is 0 Å². The number of hydrogen-bond acceptors (Lipinski definition) is 4. The van der Waals surface area contributed by atoms with Gasteiger partial charge < -0.3 is 0 Å². The normalized spacial score (nSPS) is 12.5. The third-order valence-corrected chi connectivity index (χ3v) is 5.16. The van der Waals surface area contributed by atoms with E-state index in [0.717, 1.165) is 16.7 Å². The van der Waals surface area contributed by atoms with Gasteiger partial charge in [0, 0.05) is 7.05 Å². The van der Waals surface area contributed by atoms with Crippen molar-refractivity contribution in [3.05, 3.63) is 35.2 Å². The van der Waals surface area contributed by atoms with E-state index in [2.05, 4.69) is 35.6 Å². The third kappa shape index (κ3) is 3.14. The Morgan fingerprint density at radius 2 is 1.68 bits per heavy atom. The maximum Gasteiger partial charge on any atom is 0.264 e. The van der Waals surface area contributed by atoms with E-state index < -0.39 is 10.0 Å². The molecule has 0 saturated heterocycles. The molecular formula is C15H22N4O2S. The van der Waals surface area contributed by atoms with Crippen molar-refractivity contribution in [1.82, 2.24) is 14.8 Å². The summed E-state index contributed by atoms with van der Waals surface area (Å²) in [5, 5.41) is 3.86. The van der Waals surface area contributed by atoms with Crippen molar-refractivity contribution in [1.29, 1.82) is 0 Å². The topological polar surface area (TPSA) is 76.9 Å². The molecule has 0 amide bonds. The standard InChI is InChI=1S/C15H22N4O2S/c1-10-7-12(15(3,4)5)8-11(2)13(10)22(20,21)18-14-16-9-17-19(14)6/h7-9H,1-6H3,(H,16,17,18). The molecule has 0 saturated carbocycles. The number of rotatable bonds is 3. The van der Waals surface area contributed by atoms with E-state index in [4.69, 9.17) is 0 Å². The van der Waals surface area contributed by atoms with Gasteiger partial charge in [0.25, 0.3) is 10.0 Å². The van der Waals surface area contributed by atoms with Crippen molar-refractivity contribution in [2.75, 3.05) is 4.72 Å². The van der Waals surface area contributed by atoms with Crippen LogP contribution in [-0.4, -0.2) is 23.2 Å². The molecular weight excluding hydrogens is 300 g/mol. The van der Waals surface area contributed by atoms with Gasteiger partial charge in [-0.2, -0.15) is 10.1 Å². The van der Waals surface area contributed by atoms with Crippen LogP contribution in [-0.2, 0) is 22.5 Å². The average molecular weight is 322 g/mol. The van der Waals surface area contributed by atoms with Gasteiger partial charge in [0.2, 0.25) is 5.95 Å². The van der Waals surface area contributed by atoms with E-state index in [-0.39, 0.29) is 11.4 Å². The molecule has 22 heavy (non-hydrogen) atoms. The molecule has 2 aromatic rings. The van der Waals surface area contributed by atoms with Crippen LogP contribution in [0.15, 0.2) is 23.4 Å². The van der Waals surface area contributed by atoms with E-state index in [0.29, 0.717) is 4.90 Å². The molecule has 1 N–H and O–H groups in total. The van der Waals surface area contributed by atoms with E-state index in [1.165, 1.54) is 11.0 Å². The first kappa shape index (κ1) is 16.5. The van der Waals surface area contributed by atoms with Gasteiger partial charge in [-0.05, 0) is 36.0 Å². The summed E-state index contributed by atoms with van der Waals surface area (Å²) in [4.78, 5) is 4.20. The molecule has 6 nitrogen and oxygen atoms in total. The number of benzene rings is 1. The Kier molecular flexibility index (Phi) is 4.04. The fourth-order valence-electron chi connectivity index (χ4n) is 2.37. The summed E-state index contributed by atoms with van der Waals surface area (Å²) in [5.74, 6) is 0.193. The molecule has 0 atom stereocenters. The monoisotopic (exact) mass is 322 g/mol. The van der Waals surface area contributed by atoms with Gasteiger partial charge in [-0.3, -0.25) is 0 Å². The van der Waals surface area contributed by atoms with Crippen LogP contribution in [0.2, 0.25) is 0 Å². The molecule has 0 spiro atoms. The van der Waals surface area contributed by atoms with Crippen LogP contribution < -0.4 is 4.72 Å². The first-order chi connectivity index (χ1) is 10.0. The number of nitrogens with one attached hydrogen (secondary N) is 1. The number of anilines is 1. The van der Waals surface area contributed by atoms with Gasteiger partial charge in [0.1, 0.15) is 6.33 Å². The highest BCUT2D eigenvalue weighted by Crippen LogP contribution is 2.29. The van der Waals surface area contributed by atoms with Crippen LogP contribution in [0.3, 0.4) is 0 Å². The van der Waals surface area contributed by atoms with Gasteiger partial charge in [0.15, 0.2) is 0 Å². The highest BCUT2D eigenvalue weighted by molar-refractivity contribution is 7.92. The van der Waals surface area contributed by atoms with Gasteiger partial charge in [0.05, 0.1) is 4.90 Å². The molecule has 1 aromatic carbocycles. The fraction of sp³-hybridized carbons (Fsp3) is 0.467. The van der Waals surface area contributed by atoms with Gasteiger partial charge in [-0.15, -0.1) is 0 Å². The molecule has 1 heterocycles. The number of aromatic nitrogens is 3. The second-order valence-corrected chi connectivity index (χ2v) is 8.12. The summed E-state index contributed by atoms with van der Waals surface area (Å²) in [6.07, 6.45) is 1.31. The zero-order valence-electron chi connectivity index (χ0n) is 13.8. The first-order valence-corrected chi connectivity index (χ1v) is 8.49. The summed E-state index contributed by atoms with van der Waals surface area (Å²) < 4.78 is 29.2. The van der Waals surface area contributed by atoms with Crippen molar-refractivity contribution in [2.45, 2.75) is 44.9 Å². The molecule has 0 aliphatic heterocycles. The number of sulfonamides is 1. The van der Waals surface area contributed by atoms with Crippen LogP contribution in [0.25, 0.3) is 0 Å². The molecule has 0 radical (unpaired) electrons. The highest BCUT2D eigenvalue weighted by atomic mass is 32.2. The Morgan fingerprint density at radius 3 is 2.09 bits per heavy atom. The van der Waals surface area contributed by atoms with E-state index in [9.17, 15) is 8.42 Å². The third-order valence-electron chi connectivity index (χ3n) is 3.53. The van der Waals surface area contributed by atoms with Crippen LogP contribution in [0.5, 0.6) is 0 Å². The maximum absolute atomic E-state index is 12.7. The van der Waals surface area contributed by atoms with Gasteiger partial charge in [-0.25, -0.2) is 17.8 Å². The lowest BCUT2D eigenvalue weighted by Gasteiger charge is -2.22. The summed E-state index contributed by atoms with van der Waals surface area (Å²) in [6, 6.07) is 3.86. The largest absolute Gasteiger partial charge is 0.264 e. The average Bonchev–Trinajstić information content (AvgIpc) is 2.71. The Labute approximate surface area is 131 Å². The first-order valence-electron chi connectivity index (χ1n) is 7.01. The predicted molar refractivity (Wildman–Crippen MR) is 86.4 cm³/mol. The molecule has 0 unspecified atom stereocenters. The SMILES string of the molecule is Cc1cc(C(C)(C)C)cc(C)c1S(=O)(=O)Nc1ncnn1C. The minimum absolute atomic E-state index is 0.0329. The number of nitrogens with zero attached hydrogens (tertiary/aromatic N) is 3. The van der Waals surface area contributed by atoms with E-state index in [1.807, 2.05) is 26.0 Å². The molecule has 2 rings (SSSR count). The molecule has 0 aliphatic rings. The Hall–Kier alpha value is -1.89. The molecule has 0 fully saturated rings. The van der Waals surface area contributed by atoms with Gasteiger partial charge in [-0.1, -0.05) is 32.9 Å². The van der Waals surface area contributed by atoms with Crippen molar-refractivity contribution >= 4 is 16.0 Å². The van der Waals surface area contributed by atoms with Crippen molar-refractivity contribution in [2.24, 2.45) is 7.05 Å². The molecule has 120 valence electrons. The minimum Gasteiger partial charge on any atom is -0.247 e. The Balaban J connectivity index is 2.50.